The van der Waals surface area contributed by atoms with E-state index in [1.54, 1.807) is 0 Å². The number of nitrogens with zero attached hydrogens (tertiary/aromatic N) is 3. The van der Waals surface area contributed by atoms with Crippen molar-refractivity contribution in [2.75, 3.05) is 0 Å². The molecule has 5 heteroatoms. The largest absolute Gasteiger partial charge is 0.269 e. The Morgan fingerprint density at radius 3 is 2.71 bits per heavy atom. The van der Waals surface area contributed by atoms with Crippen LogP contribution in [0.2, 0.25) is 10.3 Å². The van der Waals surface area contributed by atoms with E-state index in [4.69, 9.17) is 23.2 Å². The van der Waals surface area contributed by atoms with Crippen molar-refractivity contribution < 1.29 is 0 Å². The highest BCUT2D eigenvalue weighted by Gasteiger charge is 2.13. The lowest BCUT2D eigenvalue weighted by atomic mass is 10.2. The highest BCUT2D eigenvalue weighted by atomic mass is 35.5. The maximum atomic E-state index is 6.09. The summed E-state index contributed by atoms with van der Waals surface area (Å²) in [5, 5.41) is 9.06. The fourth-order valence-corrected chi connectivity index (χ4v) is 2.13. The molecule has 0 aliphatic rings. The normalized spacial score (nSPS) is 10.8. The van der Waals surface area contributed by atoms with Crippen LogP contribution in [-0.4, -0.2) is 14.8 Å². The van der Waals surface area contributed by atoms with Crippen molar-refractivity contribution in [1.29, 1.82) is 0 Å². The molecule has 0 aliphatic carbocycles. The van der Waals surface area contributed by atoms with E-state index in [9.17, 15) is 0 Å². The van der Waals surface area contributed by atoms with Crippen LogP contribution >= 0.6 is 23.2 Å². The quantitative estimate of drug-likeness (QED) is 0.848. The molecule has 0 aliphatic heterocycles. The molecule has 90 valence electrons. The van der Waals surface area contributed by atoms with Crippen molar-refractivity contribution in [3.8, 4) is 5.69 Å². The Kier molecular flexibility index (Phi) is 3.69. The summed E-state index contributed by atoms with van der Waals surface area (Å²) in [5.41, 5.74) is 2.03. The number of rotatable bonds is 3. The van der Waals surface area contributed by atoms with Crippen molar-refractivity contribution in [3.63, 3.8) is 0 Å². The van der Waals surface area contributed by atoms with Crippen LogP contribution in [-0.2, 0) is 6.42 Å². The molecule has 2 aromatic rings. The van der Waals surface area contributed by atoms with Crippen molar-refractivity contribution in [2.24, 2.45) is 0 Å². The first-order valence-corrected chi connectivity index (χ1v) is 6.25. The Morgan fingerprint density at radius 2 is 2.00 bits per heavy atom. The molecular weight excluding hydrogens is 257 g/mol. The van der Waals surface area contributed by atoms with Gasteiger partial charge in [-0.05, 0) is 42.6 Å². The van der Waals surface area contributed by atoms with Gasteiger partial charge in [0.15, 0.2) is 0 Å². The van der Waals surface area contributed by atoms with Crippen molar-refractivity contribution in [1.82, 2.24) is 14.8 Å². The fourth-order valence-electron chi connectivity index (χ4n) is 1.74. The maximum Gasteiger partial charge on any atom is 0.229 e. The lowest BCUT2D eigenvalue weighted by Gasteiger charge is -2.10. The van der Waals surface area contributed by atoms with Crippen LogP contribution in [0.1, 0.15) is 24.7 Å². The number of hydrogen-bond donors (Lipinski definition) is 0. The first kappa shape index (κ1) is 12.4. The van der Waals surface area contributed by atoms with E-state index in [2.05, 4.69) is 17.1 Å². The van der Waals surface area contributed by atoms with Gasteiger partial charge in [-0.2, -0.15) is 0 Å². The summed E-state index contributed by atoms with van der Waals surface area (Å²) in [7, 11) is 0. The lowest BCUT2D eigenvalue weighted by molar-refractivity contribution is 0.801. The predicted molar refractivity (Wildman–Crippen MR) is 70.1 cm³/mol. The van der Waals surface area contributed by atoms with Gasteiger partial charge < -0.3 is 0 Å². The molecule has 1 aromatic heterocycles. The molecule has 17 heavy (non-hydrogen) atoms. The van der Waals surface area contributed by atoms with E-state index in [0.717, 1.165) is 29.9 Å². The van der Waals surface area contributed by atoms with E-state index in [-0.39, 0.29) is 0 Å². The van der Waals surface area contributed by atoms with Gasteiger partial charge in [0, 0.05) is 11.4 Å². The number of hydrogen-bond acceptors (Lipinski definition) is 2. The van der Waals surface area contributed by atoms with Gasteiger partial charge in [0.25, 0.3) is 0 Å². The molecule has 0 bridgehead atoms. The molecule has 0 radical (unpaired) electrons. The van der Waals surface area contributed by atoms with Crippen molar-refractivity contribution in [3.05, 3.63) is 39.9 Å². The molecule has 1 heterocycles. The van der Waals surface area contributed by atoms with E-state index >= 15 is 0 Å². The summed E-state index contributed by atoms with van der Waals surface area (Å²) >= 11 is 12.1. The minimum atomic E-state index is 0.374. The van der Waals surface area contributed by atoms with Gasteiger partial charge in [0.05, 0.1) is 5.69 Å². The van der Waals surface area contributed by atoms with Gasteiger partial charge in [-0.25, -0.2) is 0 Å². The summed E-state index contributed by atoms with van der Waals surface area (Å²) in [4.78, 5) is 0. The van der Waals surface area contributed by atoms with Crippen LogP contribution < -0.4 is 0 Å². The van der Waals surface area contributed by atoms with Gasteiger partial charge in [0.1, 0.15) is 5.82 Å². The van der Waals surface area contributed by atoms with Crippen molar-refractivity contribution in [2.45, 2.75) is 26.7 Å². The summed E-state index contributed by atoms with van der Waals surface area (Å²) in [5.74, 6) is 0.864. The average Bonchev–Trinajstić information content (AvgIpc) is 2.64. The zero-order valence-electron chi connectivity index (χ0n) is 9.74. The number of aryl methyl sites for hydroxylation is 2. The highest BCUT2D eigenvalue weighted by molar-refractivity contribution is 6.31. The SMILES string of the molecule is CCCc1nnc(Cl)n1-c1cc(Cl)ccc1C. The molecule has 0 fully saturated rings. The molecule has 0 spiro atoms. The average molecular weight is 270 g/mol. The van der Waals surface area contributed by atoms with E-state index in [1.807, 2.05) is 29.7 Å². The van der Waals surface area contributed by atoms with Crippen molar-refractivity contribution >= 4 is 23.2 Å². The Labute approximate surface area is 110 Å². The fraction of sp³-hybridized carbons (Fsp3) is 0.333. The molecule has 3 nitrogen and oxygen atoms in total. The molecule has 0 amide bonds. The van der Waals surface area contributed by atoms with Crippen LogP contribution in [0.25, 0.3) is 5.69 Å². The summed E-state index contributed by atoms with van der Waals surface area (Å²) in [6, 6.07) is 5.70. The Bertz CT molecular complexity index is 535. The van der Waals surface area contributed by atoms with Crippen LogP contribution in [0.15, 0.2) is 18.2 Å². The van der Waals surface area contributed by atoms with Crippen LogP contribution in [0.3, 0.4) is 0 Å². The van der Waals surface area contributed by atoms with Gasteiger partial charge in [-0.15, -0.1) is 10.2 Å². The van der Waals surface area contributed by atoms with Crippen LogP contribution in [0.5, 0.6) is 0 Å². The molecule has 0 unspecified atom stereocenters. The number of halogens is 2. The van der Waals surface area contributed by atoms with E-state index in [1.165, 1.54) is 0 Å². The molecule has 0 atom stereocenters. The minimum Gasteiger partial charge on any atom is -0.269 e. The van der Waals surface area contributed by atoms with Gasteiger partial charge in [0.2, 0.25) is 5.28 Å². The summed E-state index contributed by atoms with van der Waals surface area (Å²) in [6.45, 7) is 4.11. The Hall–Kier alpha value is -1.06. The molecule has 0 saturated heterocycles. The Morgan fingerprint density at radius 1 is 1.24 bits per heavy atom. The number of benzene rings is 1. The zero-order valence-corrected chi connectivity index (χ0v) is 11.3. The number of aromatic nitrogens is 3. The minimum absolute atomic E-state index is 0.374. The van der Waals surface area contributed by atoms with E-state index in [0.29, 0.717) is 10.3 Å². The topological polar surface area (TPSA) is 30.7 Å². The van der Waals surface area contributed by atoms with Gasteiger partial charge in [-0.1, -0.05) is 24.6 Å². The smallest absolute Gasteiger partial charge is 0.229 e. The first-order chi connectivity index (χ1) is 8.13. The standard InChI is InChI=1S/C12H13Cl2N3/c1-3-4-11-15-16-12(14)17(11)10-7-9(13)6-5-8(10)2/h5-7H,3-4H2,1-2H3. The monoisotopic (exact) mass is 269 g/mol. The van der Waals surface area contributed by atoms with Crippen LogP contribution in [0, 0.1) is 6.92 Å². The molecule has 0 saturated carbocycles. The van der Waals surface area contributed by atoms with Gasteiger partial charge in [-0.3, -0.25) is 4.57 Å². The third-order valence-electron chi connectivity index (χ3n) is 2.58. The summed E-state index contributed by atoms with van der Waals surface area (Å²) in [6.07, 6.45) is 1.83. The molecule has 2 rings (SSSR count). The van der Waals surface area contributed by atoms with Gasteiger partial charge >= 0.3 is 0 Å². The highest BCUT2D eigenvalue weighted by Crippen LogP contribution is 2.24. The van der Waals surface area contributed by atoms with Crippen LogP contribution in [0.4, 0.5) is 0 Å². The Balaban J connectivity index is 2.58. The molecular formula is C12H13Cl2N3. The second-order valence-electron chi connectivity index (χ2n) is 3.90. The second-order valence-corrected chi connectivity index (χ2v) is 4.68. The summed E-state index contributed by atoms with van der Waals surface area (Å²) < 4.78 is 1.85. The molecule has 0 N–H and O–H groups in total. The lowest BCUT2D eigenvalue weighted by Crippen LogP contribution is -2.03. The van der Waals surface area contributed by atoms with E-state index < -0.39 is 0 Å². The maximum absolute atomic E-state index is 6.09. The third kappa shape index (κ3) is 2.45. The molecule has 1 aromatic carbocycles. The third-order valence-corrected chi connectivity index (χ3v) is 3.06. The predicted octanol–water partition coefficient (Wildman–Crippen LogP) is 3.84. The zero-order chi connectivity index (χ0) is 12.4. The first-order valence-electron chi connectivity index (χ1n) is 5.49. The second kappa shape index (κ2) is 5.07.